The lowest BCUT2D eigenvalue weighted by molar-refractivity contribution is -0.130. The monoisotopic (exact) mass is 425 g/mol. The van der Waals surface area contributed by atoms with Crippen LogP contribution in [0.25, 0.3) is 0 Å². The minimum atomic E-state index is -1.30. The number of hydrogen-bond acceptors (Lipinski definition) is 5. The molecule has 31 heavy (non-hydrogen) atoms. The van der Waals surface area contributed by atoms with Crippen molar-refractivity contribution in [3.8, 4) is 11.5 Å². The molecule has 1 aromatic heterocycles. The summed E-state index contributed by atoms with van der Waals surface area (Å²) >= 11 is 0. The number of aryl methyl sites for hydroxylation is 1. The number of nitrogens with zero attached hydrogens (tertiary/aromatic N) is 2. The van der Waals surface area contributed by atoms with Crippen LogP contribution in [-0.2, 0) is 10.3 Å². The second-order valence-electron chi connectivity index (χ2n) is 8.33. The van der Waals surface area contributed by atoms with Crippen molar-refractivity contribution in [3.63, 3.8) is 0 Å². The van der Waals surface area contributed by atoms with Crippen LogP contribution in [0.1, 0.15) is 53.1 Å². The highest BCUT2D eigenvalue weighted by Gasteiger charge is 2.50. The van der Waals surface area contributed by atoms with Gasteiger partial charge in [-0.05, 0) is 57.4 Å². The molecule has 1 aromatic carbocycles. The molecular formula is C23H27N3O5. The van der Waals surface area contributed by atoms with Crippen molar-refractivity contribution in [1.82, 2.24) is 14.8 Å². The molecule has 2 fully saturated rings. The number of urea groups is 1. The van der Waals surface area contributed by atoms with Crippen molar-refractivity contribution in [1.29, 1.82) is 0 Å². The van der Waals surface area contributed by atoms with Crippen LogP contribution < -0.4 is 14.8 Å². The van der Waals surface area contributed by atoms with E-state index in [1.807, 2.05) is 19.9 Å². The average Bonchev–Trinajstić information content (AvgIpc) is 3.50. The van der Waals surface area contributed by atoms with Crippen molar-refractivity contribution in [2.45, 2.75) is 45.2 Å². The number of ketones is 1. The van der Waals surface area contributed by atoms with Gasteiger partial charge in [0.2, 0.25) is 0 Å². The van der Waals surface area contributed by atoms with E-state index in [-0.39, 0.29) is 12.3 Å². The molecule has 1 saturated carbocycles. The van der Waals surface area contributed by atoms with Gasteiger partial charge < -0.3 is 19.4 Å². The van der Waals surface area contributed by atoms with Crippen LogP contribution in [-0.4, -0.2) is 48.0 Å². The first-order valence-electron chi connectivity index (χ1n) is 10.3. The Morgan fingerprint density at radius 2 is 1.81 bits per heavy atom. The van der Waals surface area contributed by atoms with Crippen molar-refractivity contribution in [2.24, 2.45) is 0 Å². The van der Waals surface area contributed by atoms with Crippen molar-refractivity contribution < 1.29 is 23.9 Å². The maximum absolute atomic E-state index is 13.2. The fourth-order valence-electron chi connectivity index (χ4n) is 4.37. The second-order valence-corrected chi connectivity index (χ2v) is 8.33. The molecule has 0 radical (unpaired) electrons. The lowest BCUT2D eigenvalue weighted by Gasteiger charge is -2.23. The maximum Gasteiger partial charge on any atom is 0.325 e. The third-order valence-electron chi connectivity index (χ3n) is 6.23. The van der Waals surface area contributed by atoms with Gasteiger partial charge in [0.25, 0.3) is 5.91 Å². The highest BCUT2D eigenvalue weighted by atomic mass is 16.5. The molecule has 8 heteroatoms. The van der Waals surface area contributed by atoms with Crippen LogP contribution in [0, 0.1) is 13.8 Å². The lowest BCUT2D eigenvalue weighted by Crippen LogP contribution is -2.41. The van der Waals surface area contributed by atoms with E-state index in [0.717, 1.165) is 29.1 Å². The van der Waals surface area contributed by atoms with Gasteiger partial charge in [0, 0.05) is 23.0 Å². The Morgan fingerprint density at radius 1 is 1.13 bits per heavy atom. The molecule has 1 atom stereocenters. The van der Waals surface area contributed by atoms with Crippen LogP contribution in [0.5, 0.6) is 11.5 Å². The Kier molecular flexibility index (Phi) is 5.03. The topological polar surface area (TPSA) is 89.9 Å². The van der Waals surface area contributed by atoms with Crippen LogP contribution in [0.4, 0.5) is 4.79 Å². The Labute approximate surface area is 181 Å². The second kappa shape index (κ2) is 7.44. The van der Waals surface area contributed by atoms with Crippen LogP contribution in [0.15, 0.2) is 24.3 Å². The van der Waals surface area contributed by atoms with Crippen molar-refractivity contribution >= 4 is 17.7 Å². The quantitative estimate of drug-likeness (QED) is 0.544. The maximum atomic E-state index is 13.2. The zero-order valence-electron chi connectivity index (χ0n) is 18.4. The summed E-state index contributed by atoms with van der Waals surface area (Å²) in [4.78, 5) is 39.9. The highest BCUT2D eigenvalue weighted by molar-refractivity contribution is 6.11. The Hall–Kier alpha value is -3.29. The van der Waals surface area contributed by atoms with Crippen LogP contribution in [0.2, 0.25) is 0 Å². The van der Waals surface area contributed by atoms with Gasteiger partial charge >= 0.3 is 6.03 Å². The molecule has 0 bridgehead atoms. The molecule has 4 rings (SSSR count). The predicted octanol–water partition coefficient (Wildman–Crippen LogP) is 3.11. The lowest BCUT2D eigenvalue weighted by atomic mass is 9.91. The van der Waals surface area contributed by atoms with E-state index in [1.165, 1.54) is 14.2 Å². The molecule has 8 nitrogen and oxygen atoms in total. The van der Waals surface area contributed by atoms with Crippen molar-refractivity contribution in [2.75, 3.05) is 20.8 Å². The number of Topliss-reactive ketones (excluding diaryl/α,β-unsaturated/α-hetero) is 1. The predicted molar refractivity (Wildman–Crippen MR) is 114 cm³/mol. The van der Waals surface area contributed by atoms with E-state index >= 15 is 0 Å². The Balaban J connectivity index is 1.59. The van der Waals surface area contributed by atoms with Gasteiger partial charge in [0.1, 0.15) is 5.54 Å². The van der Waals surface area contributed by atoms with Gasteiger partial charge in [-0.1, -0.05) is 6.07 Å². The van der Waals surface area contributed by atoms with E-state index in [2.05, 4.69) is 9.88 Å². The largest absolute Gasteiger partial charge is 0.493 e. The fourth-order valence-corrected chi connectivity index (χ4v) is 4.37. The van der Waals surface area contributed by atoms with Gasteiger partial charge in [-0.2, -0.15) is 0 Å². The van der Waals surface area contributed by atoms with E-state index in [4.69, 9.17) is 9.47 Å². The molecule has 2 aromatic rings. The number of rotatable bonds is 7. The van der Waals surface area contributed by atoms with E-state index < -0.39 is 17.5 Å². The first-order valence-corrected chi connectivity index (χ1v) is 10.3. The van der Waals surface area contributed by atoms with Gasteiger partial charge in [-0.3, -0.25) is 14.5 Å². The average molecular weight is 425 g/mol. The highest BCUT2D eigenvalue weighted by Crippen LogP contribution is 2.39. The van der Waals surface area contributed by atoms with Crippen molar-refractivity contribution in [3.05, 3.63) is 46.8 Å². The number of ether oxygens (including phenoxy) is 2. The van der Waals surface area contributed by atoms with Crippen LogP contribution >= 0.6 is 0 Å². The summed E-state index contributed by atoms with van der Waals surface area (Å²) in [6.45, 7) is 5.21. The number of carbonyl (C=O) groups is 3. The summed E-state index contributed by atoms with van der Waals surface area (Å²) in [7, 11) is 3.03. The SMILES string of the molecule is COc1ccc([C@]2(C)NC(=O)N(CC(=O)c3cc(C)n(C4CC4)c3C)C2=O)cc1OC. The summed E-state index contributed by atoms with van der Waals surface area (Å²) < 4.78 is 12.7. The molecule has 2 heterocycles. The fraction of sp³-hybridized carbons (Fsp3) is 0.435. The Morgan fingerprint density at radius 3 is 2.42 bits per heavy atom. The molecule has 0 unspecified atom stereocenters. The molecule has 0 spiro atoms. The zero-order chi connectivity index (χ0) is 22.5. The van der Waals surface area contributed by atoms with Gasteiger partial charge in [-0.15, -0.1) is 0 Å². The molecular weight excluding hydrogens is 398 g/mol. The van der Waals surface area contributed by atoms with Gasteiger partial charge in [0.15, 0.2) is 17.3 Å². The number of methoxy groups -OCH3 is 2. The Bertz CT molecular complexity index is 1090. The first-order chi connectivity index (χ1) is 14.7. The molecule has 1 aliphatic heterocycles. The summed E-state index contributed by atoms with van der Waals surface area (Å²) in [6, 6.07) is 6.75. The molecule has 164 valence electrons. The molecule has 1 aliphatic carbocycles. The van der Waals surface area contributed by atoms with Crippen LogP contribution in [0.3, 0.4) is 0 Å². The first kappa shape index (κ1) is 21.0. The standard InChI is InChI=1S/C23H27N3O5/c1-13-10-17(14(2)26(13)16-7-8-16)18(27)12-25-21(28)23(3,24-22(25)29)15-6-9-19(30-4)20(11-15)31-5/h6,9-11,16H,7-8,12H2,1-5H3,(H,24,29)/t23-/m0/s1. The molecule has 2 aliphatic rings. The number of benzene rings is 1. The third kappa shape index (κ3) is 3.36. The number of hydrogen-bond donors (Lipinski definition) is 1. The minimum absolute atomic E-state index is 0.250. The number of aromatic nitrogens is 1. The number of amides is 3. The summed E-state index contributed by atoms with van der Waals surface area (Å²) in [6.07, 6.45) is 2.22. The normalized spacial score (nSPS) is 20.7. The smallest absolute Gasteiger partial charge is 0.325 e. The molecule has 3 amide bonds. The third-order valence-corrected chi connectivity index (χ3v) is 6.23. The molecule has 1 saturated heterocycles. The number of nitrogens with one attached hydrogen (secondary N) is 1. The summed E-state index contributed by atoms with van der Waals surface area (Å²) in [5.74, 6) is 0.240. The summed E-state index contributed by atoms with van der Waals surface area (Å²) in [5.41, 5.74) is 1.72. The minimum Gasteiger partial charge on any atom is -0.493 e. The van der Waals surface area contributed by atoms with E-state index in [9.17, 15) is 14.4 Å². The van der Waals surface area contributed by atoms with Gasteiger partial charge in [-0.25, -0.2) is 4.79 Å². The zero-order valence-corrected chi connectivity index (χ0v) is 18.4. The summed E-state index contributed by atoms with van der Waals surface area (Å²) in [5, 5.41) is 2.74. The van der Waals surface area contributed by atoms with E-state index in [0.29, 0.717) is 28.7 Å². The number of carbonyl (C=O) groups excluding carboxylic acids is 3. The van der Waals surface area contributed by atoms with E-state index in [1.54, 1.807) is 25.1 Å². The molecule has 1 N–H and O–H groups in total. The number of imide groups is 1. The van der Waals surface area contributed by atoms with Gasteiger partial charge in [0.05, 0.1) is 20.8 Å².